The smallest absolute Gasteiger partial charge is 0.123 e. The molecule has 2 heteroatoms. The third kappa shape index (κ3) is 1.72. The van der Waals surface area contributed by atoms with Crippen LogP contribution in [0.25, 0.3) is 11.3 Å². The third-order valence-electron chi connectivity index (χ3n) is 1.80. The van der Waals surface area contributed by atoms with E-state index in [0.29, 0.717) is 0 Å². The van der Waals surface area contributed by atoms with Crippen molar-refractivity contribution in [1.29, 1.82) is 0 Å². The number of pyridine rings is 1. The van der Waals surface area contributed by atoms with Gasteiger partial charge < -0.3 is 0 Å². The molecule has 0 N–H and O–H groups in total. The van der Waals surface area contributed by atoms with Crippen molar-refractivity contribution in [2.24, 2.45) is 0 Å². The van der Waals surface area contributed by atoms with Crippen LogP contribution >= 0.6 is 0 Å². The van der Waals surface area contributed by atoms with E-state index < -0.39 is 0 Å². The monoisotopic (exact) mass is 175 g/mol. The van der Waals surface area contributed by atoms with Crippen LogP contribution in [0.2, 0.25) is 0 Å². The molecule has 66 valence electrons. The first-order chi connectivity index (χ1) is 6.36. The molecule has 0 saturated carbocycles. The number of hydrogen-bond donors (Lipinski definition) is 0. The minimum atomic E-state index is -0.223. The molecule has 1 aromatic heterocycles. The Kier molecular flexibility index (Phi) is 2.04. The fourth-order valence-electron chi connectivity index (χ4n) is 1.15. The van der Waals surface area contributed by atoms with Gasteiger partial charge in [0, 0.05) is 13.2 Å². The topological polar surface area (TPSA) is 12.9 Å². The minimum Gasteiger partial charge on any atom is -0.256 e. The number of aromatic nitrogens is 1. The van der Waals surface area contributed by atoms with E-state index in [1.807, 2.05) is 18.2 Å². The van der Waals surface area contributed by atoms with Crippen LogP contribution in [0.3, 0.4) is 0 Å². The van der Waals surface area contributed by atoms with Crippen LogP contribution in [0, 0.1) is 5.82 Å². The number of halogens is 1. The highest BCUT2D eigenvalue weighted by molar-refractivity contribution is 5.58. The molecular weight excluding hydrogens is 165 g/mol. The molecule has 0 aliphatic carbocycles. The largest absolute Gasteiger partial charge is 0.256 e. The molecule has 1 nitrogen and oxygen atoms in total. The zero-order valence-electron chi connectivity index (χ0n) is 6.94. The predicted octanol–water partition coefficient (Wildman–Crippen LogP) is 3.13. The molecule has 0 radical (unpaired) electrons. The van der Waals surface area contributed by atoms with Gasteiger partial charge in [0.25, 0.3) is 0 Å². The van der Waals surface area contributed by atoms with E-state index in [4.69, 9.17) is 0 Å². The number of nitrogens with zero attached hydrogens (tertiary/aromatic N) is 1. The third-order valence-corrected chi connectivity index (χ3v) is 1.80. The molecule has 13 heavy (non-hydrogen) atoms. The summed E-state index contributed by atoms with van der Waals surface area (Å²) >= 11 is 0. The molecule has 0 amide bonds. The van der Waals surface area contributed by atoms with Crippen LogP contribution in [0.5, 0.6) is 0 Å². The summed E-state index contributed by atoms with van der Waals surface area (Å²) in [4.78, 5) is 4.16. The zero-order chi connectivity index (χ0) is 9.10. The van der Waals surface area contributed by atoms with E-state index in [9.17, 15) is 4.39 Å². The van der Waals surface area contributed by atoms with Crippen LogP contribution in [-0.2, 0) is 0 Å². The lowest BCUT2D eigenvalue weighted by atomic mass is 10.1. The molecule has 2 rings (SSSR count). The van der Waals surface area contributed by atoms with Crippen LogP contribution in [0.15, 0.2) is 48.7 Å². The number of rotatable bonds is 1. The highest BCUT2D eigenvalue weighted by atomic mass is 19.1. The van der Waals surface area contributed by atoms with Gasteiger partial charge in [-0.15, -0.1) is 0 Å². The van der Waals surface area contributed by atoms with Crippen molar-refractivity contribution in [2.75, 3.05) is 0 Å². The molecule has 0 fully saturated rings. The Labute approximate surface area is 77.4 Å². The second-order valence-corrected chi connectivity index (χ2v) is 2.72. The quantitative estimate of drug-likeness (QED) is 0.648. The Morgan fingerprint density at radius 2 is 1.77 bits per heavy atom. The standard InChI is InChI=1S/C11H8FN.H2/c12-10-6-4-9(5-7-10)11-3-1-2-8-13-11;/h1-8H;1H. The fourth-order valence-corrected chi connectivity index (χ4v) is 1.15. The lowest BCUT2D eigenvalue weighted by Crippen LogP contribution is -1.81. The van der Waals surface area contributed by atoms with Crippen molar-refractivity contribution in [1.82, 2.24) is 4.98 Å². The van der Waals surface area contributed by atoms with Gasteiger partial charge in [0.05, 0.1) is 5.69 Å². The van der Waals surface area contributed by atoms with Crippen molar-refractivity contribution >= 4 is 0 Å². The molecule has 0 saturated heterocycles. The van der Waals surface area contributed by atoms with Crippen molar-refractivity contribution < 1.29 is 5.82 Å². The molecule has 2 aromatic rings. The molecule has 0 unspecified atom stereocenters. The summed E-state index contributed by atoms with van der Waals surface area (Å²) in [6.07, 6.45) is 1.72. The zero-order valence-corrected chi connectivity index (χ0v) is 6.94. The molecule has 1 heterocycles. The van der Waals surface area contributed by atoms with Crippen molar-refractivity contribution in [3.8, 4) is 11.3 Å². The van der Waals surface area contributed by atoms with Gasteiger partial charge >= 0.3 is 0 Å². The Balaban J connectivity index is 0.000000980. The first-order valence-electron chi connectivity index (χ1n) is 4.03. The van der Waals surface area contributed by atoms with Gasteiger partial charge in [-0.25, -0.2) is 4.39 Å². The molecule has 1 aromatic carbocycles. The Morgan fingerprint density at radius 3 is 2.38 bits per heavy atom. The highest BCUT2D eigenvalue weighted by Crippen LogP contribution is 2.15. The SMILES string of the molecule is Fc1ccc(-c2ccccn2)cc1.[HH]. The van der Waals surface area contributed by atoms with E-state index in [0.717, 1.165) is 11.3 Å². The number of hydrogen-bond acceptors (Lipinski definition) is 1. The molecule has 0 bridgehead atoms. The van der Waals surface area contributed by atoms with Gasteiger partial charge in [-0.3, -0.25) is 4.98 Å². The summed E-state index contributed by atoms with van der Waals surface area (Å²) in [7, 11) is 0. The summed E-state index contributed by atoms with van der Waals surface area (Å²) in [6.45, 7) is 0. The molecule has 0 atom stereocenters. The molecule has 0 aliphatic heterocycles. The fraction of sp³-hybridized carbons (Fsp3) is 0. The predicted molar refractivity (Wildman–Crippen MR) is 51.7 cm³/mol. The maximum absolute atomic E-state index is 12.6. The second kappa shape index (κ2) is 3.35. The Bertz CT molecular complexity index is 386. The van der Waals surface area contributed by atoms with Crippen LogP contribution < -0.4 is 0 Å². The van der Waals surface area contributed by atoms with E-state index >= 15 is 0 Å². The first kappa shape index (κ1) is 7.92. The Hall–Kier alpha value is -1.70. The second-order valence-electron chi connectivity index (χ2n) is 2.72. The summed E-state index contributed by atoms with van der Waals surface area (Å²) in [5.41, 5.74) is 1.80. The van der Waals surface area contributed by atoms with E-state index in [-0.39, 0.29) is 7.24 Å². The summed E-state index contributed by atoms with van der Waals surface area (Å²) in [5.74, 6) is -0.223. The van der Waals surface area contributed by atoms with Gasteiger partial charge in [0.15, 0.2) is 0 Å². The summed E-state index contributed by atoms with van der Waals surface area (Å²) < 4.78 is 12.6. The molecular formula is C11H10FN. The molecule has 0 aliphatic rings. The van der Waals surface area contributed by atoms with Gasteiger partial charge in [-0.05, 0) is 36.4 Å². The van der Waals surface area contributed by atoms with Gasteiger partial charge in [-0.1, -0.05) is 6.07 Å². The highest BCUT2D eigenvalue weighted by Gasteiger charge is 1.96. The van der Waals surface area contributed by atoms with Crippen LogP contribution in [-0.4, -0.2) is 4.98 Å². The molecule has 0 spiro atoms. The van der Waals surface area contributed by atoms with E-state index in [2.05, 4.69) is 4.98 Å². The van der Waals surface area contributed by atoms with Gasteiger partial charge in [0.1, 0.15) is 5.82 Å². The number of benzene rings is 1. The average Bonchev–Trinajstić information content (AvgIpc) is 2.20. The van der Waals surface area contributed by atoms with Crippen LogP contribution in [0.4, 0.5) is 4.39 Å². The minimum absolute atomic E-state index is 0. The summed E-state index contributed by atoms with van der Waals surface area (Å²) in [6, 6.07) is 12.0. The maximum Gasteiger partial charge on any atom is 0.123 e. The Morgan fingerprint density at radius 1 is 1.00 bits per heavy atom. The van der Waals surface area contributed by atoms with Gasteiger partial charge in [-0.2, -0.15) is 0 Å². The van der Waals surface area contributed by atoms with Crippen molar-refractivity contribution in [2.45, 2.75) is 0 Å². The van der Waals surface area contributed by atoms with E-state index in [1.54, 1.807) is 18.3 Å². The van der Waals surface area contributed by atoms with Gasteiger partial charge in [0.2, 0.25) is 0 Å². The maximum atomic E-state index is 12.6. The van der Waals surface area contributed by atoms with Crippen LogP contribution in [0.1, 0.15) is 1.43 Å². The first-order valence-corrected chi connectivity index (χ1v) is 4.03. The average molecular weight is 175 g/mol. The normalized spacial score (nSPS) is 9.92. The lowest BCUT2D eigenvalue weighted by molar-refractivity contribution is 0.628. The van der Waals surface area contributed by atoms with Crippen molar-refractivity contribution in [3.63, 3.8) is 0 Å². The van der Waals surface area contributed by atoms with E-state index in [1.165, 1.54) is 12.1 Å². The lowest BCUT2D eigenvalue weighted by Gasteiger charge is -1.98. The van der Waals surface area contributed by atoms with Crippen molar-refractivity contribution in [3.05, 3.63) is 54.5 Å². The summed E-state index contributed by atoms with van der Waals surface area (Å²) in [5, 5.41) is 0.